The molecular weight excluding hydrogens is 452 g/mol. The first kappa shape index (κ1) is 22.2. The number of benzene rings is 2. The van der Waals surface area contributed by atoms with E-state index in [2.05, 4.69) is 15.3 Å². The molecule has 3 heterocycles. The Balaban J connectivity index is 1.44. The first-order valence-corrected chi connectivity index (χ1v) is 11.5. The third-order valence-corrected chi connectivity index (χ3v) is 6.53. The summed E-state index contributed by atoms with van der Waals surface area (Å²) < 4.78 is 9.39. The van der Waals surface area contributed by atoms with E-state index in [1.165, 1.54) is 0 Å². The van der Waals surface area contributed by atoms with Crippen molar-refractivity contribution in [1.82, 2.24) is 24.5 Å². The number of aromatic nitrogens is 5. The number of methoxy groups -OCH3 is 1. The highest BCUT2D eigenvalue weighted by atomic mass is 35.5. The predicted octanol–water partition coefficient (Wildman–Crippen LogP) is 4.64. The van der Waals surface area contributed by atoms with Gasteiger partial charge in [0.15, 0.2) is 5.69 Å². The highest BCUT2D eigenvalue weighted by molar-refractivity contribution is 6.30. The van der Waals surface area contributed by atoms with E-state index in [1.807, 2.05) is 64.8 Å². The van der Waals surface area contributed by atoms with Crippen molar-refractivity contribution >= 4 is 23.2 Å². The van der Waals surface area contributed by atoms with Crippen molar-refractivity contribution in [3.8, 4) is 11.4 Å². The van der Waals surface area contributed by atoms with Crippen LogP contribution < -0.4 is 9.64 Å². The summed E-state index contributed by atoms with van der Waals surface area (Å²) >= 11 is 6.06. The summed E-state index contributed by atoms with van der Waals surface area (Å²) in [6.45, 7) is 1.93. The van der Waals surface area contributed by atoms with E-state index in [-0.39, 0.29) is 11.9 Å². The summed E-state index contributed by atoms with van der Waals surface area (Å²) in [6.07, 6.45) is 6.31. The molecule has 0 radical (unpaired) electrons. The summed E-state index contributed by atoms with van der Waals surface area (Å²) in [5, 5.41) is 9.37. The third-order valence-electron chi connectivity index (χ3n) is 6.28. The first-order chi connectivity index (χ1) is 16.5. The Morgan fingerprint density at radius 2 is 2.00 bits per heavy atom. The molecule has 1 atom stereocenters. The van der Waals surface area contributed by atoms with Gasteiger partial charge in [0.05, 0.1) is 36.6 Å². The van der Waals surface area contributed by atoms with Crippen molar-refractivity contribution in [3.05, 3.63) is 82.7 Å². The zero-order valence-corrected chi connectivity index (χ0v) is 20.0. The van der Waals surface area contributed by atoms with Crippen LogP contribution in [0.25, 0.3) is 5.69 Å². The number of nitrogens with zero attached hydrogens (tertiary/aromatic N) is 6. The number of amides is 1. The van der Waals surface area contributed by atoms with Gasteiger partial charge in [-0.25, -0.2) is 9.67 Å². The number of imidazole rings is 1. The van der Waals surface area contributed by atoms with Gasteiger partial charge in [0.1, 0.15) is 5.75 Å². The van der Waals surface area contributed by atoms with Crippen LogP contribution >= 0.6 is 11.6 Å². The maximum Gasteiger partial charge on any atom is 0.280 e. The molecule has 0 spiro atoms. The molecule has 0 fully saturated rings. The molecular formula is C25H25ClN6O2. The lowest BCUT2D eigenvalue weighted by molar-refractivity contribution is 0.0987. The highest BCUT2D eigenvalue weighted by Crippen LogP contribution is 2.33. The average Bonchev–Trinajstić information content (AvgIpc) is 3.49. The first-order valence-electron chi connectivity index (χ1n) is 11.1. The van der Waals surface area contributed by atoms with Gasteiger partial charge in [0.25, 0.3) is 5.91 Å². The Morgan fingerprint density at radius 3 is 2.71 bits per heavy atom. The van der Waals surface area contributed by atoms with E-state index in [9.17, 15) is 4.79 Å². The molecule has 174 valence electrons. The average molecular weight is 477 g/mol. The Bertz CT molecular complexity index is 1340. The van der Waals surface area contributed by atoms with Gasteiger partial charge in [-0.05, 0) is 56.0 Å². The number of carbonyl (C=O) groups excluding carboxylic acids is 1. The molecule has 9 heteroatoms. The fourth-order valence-electron chi connectivity index (χ4n) is 4.46. The number of rotatable bonds is 5. The molecule has 2 aromatic carbocycles. The molecule has 0 saturated carbocycles. The predicted molar refractivity (Wildman–Crippen MR) is 130 cm³/mol. The largest absolute Gasteiger partial charge is 0.494 e. The van der Waals surface area contributed by atoms with E-state index in [0.29, 0.717) is 22.2 Å². The molecule has 4 aromatic rings. The lowest BCUT2D eigenvalue weighted by Crippen LogP contribution is -2.29. The summed E-state index contributed by atoms with van der Waals surface area (Å²) in [5.41, 5.74) is 4.81. The van der Waals surface area contributed by atoms with Crippen LogP contribution in [0.1, 0.15) is 46.3 Å². The highest BCUT2D eigenvalue weighted by Gasteiger charge is 2.30. The van der Waals surface area contributed by atoms with E-state index in [1.54, 1.807) is 25.4 Å². The second-order valence-corrected chi connectivity index (χ2v) is 8.87. The molecule has 0 aliphatic carbocycles. The minimum absolute atomic E-state index is 0.0402. The van der Waals surface area contributed by atoms with E-state index in [0.717, 1.165) is 41.9 Å². The van der Waals surface area contributed by atoms with Crippen molar-refractivity contribution < 1.29 is 9.53 Å². The molecule has 0 bridgehead atoms. The zero-order valence-electron chi connectivity index (χ0n) is 19.3. The SMILES string of the molecule is COc1cc(N(C)C(=O)c2nnn3c2CCCC3c2ccc(Cl)cc2)ccc1-n1cnc(C)c1. The van der Waals surface area contributed by atoms with Gasteiger partial charge in [-0.3, -0.25) is 4.79 Å². The second-order valence-electron chi connectivity index (χ2n) is 8.43. The van der Waals surface area contributed by atoms with Gasteiger partial charge in [-0.1, -0.05) is 28.9 Å². The molecule has 0 saturated heterocycles. The quantitative estimate of drug-likeness (QED) is 0.419. The number of hydrogen-bond acceptors (Lipinski definition) is 5. The van der Waals surface area contributed by atoms with Crippen LogP contribution in [0.3, 0.4) is 0 Å². The second kappa shape index (κ2) is 8.95. The van der Waals surface area contributed by atoms with Gasteiger partial charge in [-0.15, -0.1) is 5.10 Å². The molecule has 34 heavy (non-hydrogen) atoms. The fraction of sp³-hybridized carbons (Fsp3) is 0.280. The van der Waals surface area contributed by atoms with Gasteiger partial charge < -0.3 is 14.2 Å². The Morgan fingerprint density at radius 1 is 1.21 bits per heavy atom. The Kier molecular flexibility index (Phi) is 5.83. The van der Waals surface area contributed by atoms with Crippen LogP contribution in [-0.4, -0.2) is 44.6 Å². The normalized spacial score (nSPS) is 15.1. The van der Waals surface area contributed by atoms with Gasteiger partial charge >= 0.3 is 0 Å². The van der Waals surface area contributed by atoms with Crippen molar-refractivity contribution in [2.45, 2.75) is 32.2 Å². The zero-order chi connectivity index (χ0) is 23.8. The van der Waals surface area contributed by atoms with E-state index < -0.39 is 0 Å². The van der Waals surface area contributed by atoms with Gasteiger partial charge in [0.2, 0.25) is 0 Å². The molecule has 8 nitrogen and oxygen atoms in total. The minimum atomic E-state index is -0.203. The van der Waals surface area contributed by atoms with Crippen LogP contribution in [-0.2, 0) is 6.42 Å². The van der Waals surface area contributed by atoms with E-state index in [4.69, 9.17) is 16.3 Å². The number of carbonyl (C=O) groups is 1. The number of fused-ring (bicyclic) bond motifs is 1. The molecule has 1 unspecified atom stereocenters. The minimum Gasteiger partial charge on any atom is -0.494 e. The number of anilines is 1. The summed E-state index contributed by atoms with van der Waals surface area (Å²) in [4.78, 5) is 19.3. The molecule has 1 amide bonds. The summed E-state index contributed by atoms with van der Waals surface area (Å²) in [7, 11) is 3.35. The molecule has 2 aromatic heterocycles. The third kappa shape index (κ3) is 3.94. The van der Waals surface area contributed by atoms with Crippen LogP contribution in [0.2, 0.25) is 5.02 Å². The van der Waals surface area contributed by atoms with E-state index >= 15 is 0 Å². The summed E-state index contributed by atoms with van der Waals surface area (Å²) in [5.74, 6) is 0.439. The van der Waals surface area contributed by atoms with Crippen LogP contribution in [0.4, 0.5) is 5.69 Å². The fourth-order valence-corrected chi connectivity index (χ4v) is 4.58. The molecule has 1 aliphatic rings. The van der Waals surface area contributed by atoms with Gasteiger partial charge in [-0.2, -0.15) is 0 Å². The molecule has 5 rings (SSSR count). The van der Waals surface area contributed by atoms with Crippen LogP contribution in [0.5, 0.6) is 5.75 Å². The van der Waals surface area contributed by atoms with Crippen molar-refractivity contribution in [3.63, 3.8) is 0 Å². The van der Waals surface area contributed by atoms with Crippen molar-refractivity contribution in [1.29, 1.82) is 0 Å². The Hall–Kier alpha value is -3.65. The monoisotopic (exact) mass is 476 g/mol. The lowest BCUT2D eigenvalue weighted by Gasteiger charge is -2.25. The lowest BCUT2D eigenvalue weighted by atomic mass is 9.96. The number of aryl methyl sites for hydroxylation is 1. The standard InChI is InChI=1S/C25H25ClN6O2/c1-16-14-31(15-27-16)21-12-11-19(13-23(21)34-3)30(2)25(33)24-22-6-4-5-20(32(22)29-28-24)17-7-9-18(26)10-8-17/h7-15,20H,4-6H2,1-3H3. The molecule has 0 N–H and O–H groups in total. The maximum atomic E-state index is 13.5. The van der Waals surface area contributed by atoms with Crippen molar-refractivity contribution in [2.75, 3.05) is 19.1 Å². The number of ether oxygens (including phenoxy) is 1. The number of hydrogen-bond donors (Lipinski definition) is 0. The van der Waals surface area contributed by atoms with Crippen molar-refractivity contribution in [2.24, 2.45) is 0 Å². The van der Waals surface area contributed by atoms with Crippen LogP contribution in [0, 0.1) is 6.92 Å². The Labute approximate surface area is 202 Å². The van der Waals surface area contributed by atoms with Crippen LogP contribution in [0.15, 0.2) is 55.0 Å². The summed E-state index contributed by atoms with van der Waals surface area (Å²) in [6, 6.07) is 13.5. The topological polar surface area (TPSA) is 78.1 Å². The number of halogens is 1. The van der Waals surface area contributed by atoms with Gasteiger partial charge in [0, 0.05) is 30.0 Å². The maximum absolute atomic E-state index is 13.5. The smallest absolute Gasteiger partial charge is 0.280 e. The molecule has 1 aliphatic heterocycles.